The van der Waals surface area contributed by atoms with Crippen LogP contribution in [0.25, 0.3) is 0 Å². The fourth-order valence-corrected chi connectivity index (χ4v) is 3.96. The minimum Gasteiger partial charge on any atom is -0.320 e. The summed E-state index contributed by atoms with van der Waals surface area (Å²) in [4.78, 5) is 1.34. The van der Waals surface area contributed by atoms with E-state index >= 15 is 0 Å². The Hall–Kier alpha value is -1.12. The Morgan fingerprint density at radius 3 is 2.74 bits per heavy atom. The van der Waals surface area contributed by atoms with E-state index in [0.29, 0.717) is 0 Å². The van der Waals surface area contributed by atoms with E-state index in [1.54, 1.807) is 11.3 Å². The molecule has 1 aliphatic carbocycles. The van der Waals surface area contributed by atoms with E-state index in [0.717, 1.165) is 12.3 Å². The molecule has 1 aromatic carbocycles. The number of thiophene rings is 1. The molecule has 1 aliphatic rings. The van der Waals surface area contributed by atoms with E-state index in [1.165, 1.54) is 40.8 Å². The number of benzene rings is 1. The molecule has 2 aromatic rings. The third-order valence-corrected chi connectivity index (χ3v) is 5.36. The molecule has 1 fully saturated rings. The maximum absolute atomic E-state index is 6.56. The molecule has 1 aromatic heterocycles. The topological polar surface area (TPSA) is 26.0 Å². The summed E-state index contributed by atoms with van der Waals surface area (Å²) in [5.74, 6) is 0.743. The lowest BCUT2D eigenvalue weighted by atomic mass is 9.77. The van der Waals surface area contributed by atoms with Crippen molar-refractivity contribution in [2.45, 2.75) is 44.6 Å². The Kier molecular flexibility index (Phi) is 3.72. The van der Waals surface area contributed by atoms with Crippen molar-refractivity contribution in [2.24, 2.45) is 5.73 Å². The molecule has 1 heterocycles. The van der Waals surface area contributed by atoms with Crippen LogP contribution >= 0.6 is 11.3 Å². The average molecular weight is 271 g/mol. The highest BCUT2D eigenvalue weighted by atomic mass is 32.1. The van der Waals surface area contributed by atoms with Crippen LogP contribution in [0.15, 0.2) is 35.7 Å². The molecule has 3 rings (SSSR count). The molecule has 0 amide bonds. The molecule has 2 heteroatoms. The normalized spacial score (nSPS) is 17.2. The van der Waals surface area contributed by atoms with Gasteiger partial charge in [-0.2, -0.15) is 0 Å². The Labute approximate surface area is 119 Å². The Morgan fingerprint density at radius 1 is 1.26 bits per heavy atom. The second kappa shape index (κ2) is 5.48. The van der Waals surface area contributed by atoms with Gasteiger partial charge in [0.2, 0.25) is 0 Å². The molecule has 2 N–H and O–H groups in total. The first-order valence-corrected chi connectivity index (χ1v) is 8.10. The summed E-state index contributed by atoms with van der Waals surface area (Å²) >= 11 is 1.80. The first-order valence-electron chi connectivity index (χ1n) is 7.22. The number of rotatable bonds is 4. The van der Waals surface area contributed by atoms with Crippen molar-refractivity contribution in [3.63, 3.8) is 0 Å². The molecular formula is C17H21NS. The smallest absolute Gasteiger partial charge is 0.0651 e. The highest BCUT2D eigenvalue weighted by molar-refractivity contribution is 7.10. The second-order valence-corrected chi connectivity index (χ2v) is 6.35. The zero-order chi connectivity index (χ0) is 13.2. The van der Waals surface area contributed by atoms with Gasteiger partial charge in [0, 0.05) is 4.88 Å². The van der Waals surface area contributed by atoms with Crippen LogP contribution in [0.5, 0.6) is 0 Å². The molecule has 100 valence electrons. The lowest BCUT2D eigenvalue weighted by molar-refractivity contribution is 0.416. The lowest BCUT2D eigenvalue weighted by Gasteiger charge is -2.29. The summed E-state index contributed by atoms with van der Waals surface area (Å²) in [7, 11) is 0. The van der Waals surface area contributed by atoms with E-state index < -0.39 is 0 Å². The quantitative estimate of drug-likeness (QED) is 0.862. The van der Waals surface area contributed by atoms with Gasteiger partial charge in [0.25, 0.3) is 0 Å². The molecule has 1 saturated carbocycles. The second-order valence-electron chi connectivity index (χ2n) is 5.40. The van der Waals surface area contributed by atoms with Gasteiger partial charge in [-0.05, 0) is 53.3 Å². The fraction of sp³-hybridized carbons (Fsp3) is 0.412. The molecule has 0 aliphatic heterocycles. The zero-order valence-corrected chi connectivity index (χ0v) is 12.2. The van der Waals surface area contributed by atoms with Crippen LogP contribution in [0, 0.1) is 0 Å². The Bertz CT molecular complexity index is 554. The highest BCUT2D eigenvalue weighted by Crippen LogP contribution is 2.41. The van der Waals surface area contributed by atoms with Crippen molar-refractivity contribution in [3.05, 3.63) is 57.3 Å². The molecule has 1 unspecified atom stereocenters. The van der Waals surface area contributed by atoms with E-state index in [9.17, 15) is 0 Å². The summed E-state index contributed by atoms with van der Waals surface area (Å²) in [6.45, 7) is 2.20. The Morgan fingerprint density at radius 2 is 2.05 bits per heavy atom. The predicted molar refractivity (Wildman–Crippen MR) is 82.8 cm³/mol. The molecule has 1 nitrogen and oxygen atoms in total. The van der Waals surface area contributed by atoms with Gasteiger partial charge in [0.1, 0.15) is 0 Å². The van der Waals surface area contributed by atoms with Crippen LogP contribution in [0.1, 0.15) is 59.7 Å². The van der Waals surface area contributed by atoms with Gasteiger partial charge in [0.15, 0.2) is 0 Å². The maximum Gasteiger partial charge on any atom is 0.0651 e. The first-order chi connectivity index (χ1) is 9.31. The van der Waals surface area contributed by atoms with Gasteiger partial charge in [-0.1, -0.05) is 37.6 Å². The molecule has 1 atom stereocenters. The van der Waals surface area contributed by atoms with Crippen LogP contribution in [0.3, 0.4) is 0 Å². The molecule has 0 bridgehead atoms. The van der Waals surface area contributed by atoms with Crippen molar-refractivity contribution in [1.29, 1.82) is 0 Å². The average Bonchev–Trinajstić information content (AvgIpc) is 2.85. The van der Waals surface area contributed by atoms with E-state index in [4.69, 9.17) is 5.73 Å². The molecule has 19 heavy (non-hydrogen) atoms. The van der Waals surface area contributed by atoms with Crippen molar-refractivity contribution >= 4 is 11.3 Å². The van der Waals surface area contributed by atoms with Gasteiger partial charge in [-0.25, -0.2) is 0 Å². The largest absolute Gasteiger partial charge is 0.320 e. The van der Waals surface area contributed by atoms with E-state index in [1.807, 2.05) is 0 Å². The van der Waals surface area contributed by atoms with E-state index in [2.05, 4.69) is 42.6 Å². The van der Waals surface area contributed by atoms with Gasteiger partial charge in [0.05, 0.1) is 6.04 Å². The third kappa shape index (κ3) is 2.35. The number of nitrogens with two attached hydrogens (primary N) is 1. The van der Waals surface area contributed by atoms with Crippen LogP contribution in [0.4, 0.5) is 0 Å². The summed E-state index contributed by atoms with van der Waals surface area (Å²) in [6, 6.07) is 11.0. The minimum absolute atomic E-state index is 0.0479. The lowest BCUT2D eigenvalue weighted by Crippen LogP contribution is -2.18. The number of aryl methyl sites for hydroxylation is 1. The summed E-state index contributed by atoms with van der Waals surface area (Å²) in [5.41, 5.74) is 10.8. The molecular weight excluding hydrogens is 250 g/mol. The third-order valence-electron chi connectivity index (χ3n) is 4.32. The van der Waals surface area contributed by atoms with Gasteiger partial charge in [-0.3, -0.25) is 0 Å². The number of hydrogen-bond acceptors (Lipinski definition) is 2. The summed E-state index contributed by atoms with van der Waals surface area (Å²) in [6.07, 6.45) is 5.09. The fourth-order valence-electron chi connectivity index (χ4n) is 2.94. The van der Waals surface area contributed by atoms with Gasteiger partial charge in [-0.15, -0.1) is 11.3 Å². The molecule has 0 saturated heterocycles. The molecule has 0 spiro atoms. The van der Waals surface area contributed by atoms with Gasteiger partial charge >= 0.3 is 0 Å². The standard InChI is InChI=1S/C17H21NS/c1-2-12-10-11-19-17(12)16(18)15-9-4-3-8-14(15)13-6-5-7-13/h3-4,8-11,13,16H,2,5-7,18H2,1H3. The van der Waals surface area contributed by atoms with Gasteiger partial charge < -0.3 is 5.73 Å². The van der Waals surface area contributed by atoms with Crippen LogP contribution in [0.2, 0.25) is 0 Å². The first kappa shape index (κ1) is 12.9. The van der Waals surface area contributed by atoms with E-state index in [-0.39, 0.29) is 6.04 Å². The van der Waals surface area contributed by atoms with Crippen LogP contribution in [-0.2, 0) is 6.42 Å². The maximum atomic E-state index is 6.56. The SMILES string of the molecule is CCc1ccsc1C(N)c1ccccc1C1CCC1. The van der Waals surface area contributed by atoms with Crippen molar-refractivity contribution in [3.8, 4) is 0 Å². The minimum atomic E-state index is 0.0479. The monoisotopic (exact) mass is 271 g/mol. The van der Waals surface area contributed by atoms with Crippen LogP contribution in [-0.4, -0.2) is 0 Å². The zero-order valence-electron chi connectivity index (χ0n) is 11.4. The highest BCUT2D eigenvalue weighted by Gasteiger charge is 2.25. The van der Waals surface area contributed by atoms with Crippen molar-refractivity contribution < 1.29 is 0 Å². The predicted octanol–water partition coefficient (Wildman–Crippen LogP) is 4.63. The summed E-state index contributed by atoms with van der Waals surface area (Å²) < 4.78 is 0. The number of hydrogen-bond donors (Lipinski definition) is 1. The van der Waals surface area contributed by atoms with Crippen molar-refractivity contribution in [1.82, 2.24) is 0 Å². The Balaban J connectivity index is 1.97. The van der Waals surface area contributed by atoms with Crippen LogP contribution < -0.4 is 5.73 Å². The molecule has 0 radical (unpaired) electrons. The summed E-state index contributed by atoms with van der Waals surface area (Å²) in [5, 5.41) is 2.17. The van der Waals surface area contributed by atoms with Crippen molar-refractivity contribution in [2.75, 3.05) is 0 Å².